The van der Waals surface area contributed by atoms with E-state index in [0.29, 0.717) is 17.4 Å². The third-order valence-electron chi connectivity index (χ3n) is 8.45. The van der Waals surface area contributed by atoms with E-state index in [1.54, 1.807) is 24.3 Å². The number of nitrogens with one attached hydrogen (secondary N) is 1. The summed E-state index contributed by atoms with van der Waals surface area (Å²) in [6.45, 7) is 11.5. The molecule has 1 unspecified atom stereocenters. The van der Waals surface area contributed by atoms with Gasteiger partial charge in [0.1, 0.15) is 0 Å². The van der Waals surface area contributed by atoms with Crippen LogP contribution in [-0.4, -0.2) is 6.04 Å². The predicted octanol–water partition coefficient (Wildman–Crippen LogP) is 14.2. The van der Waals surface area contributed by atoms with Crippen molar-refractivity contribution in [2.75, 3.05) is 5.32 Å². The van der Waals surface area contributed by atoms with E-state index >= 15 is 0 Å². The van der Waals surface area contributed by atoms with Gasteiger partial charge >= 0.3 is 0 Å². The van der Waals surface area contributed by atoms with Crippen molar-refractivity contribution in [1.82, 2.24) is 0 Å². The number of rotatable bonds is 9. The third kappa shape index (κ3) is 6.64. The van der Waals surface area contributed by atoms with E-state index in [-0.39, 0.29) is 0 Å². The summed E-state index contributed by atoms with van der Waals surface area (Å²) in [5.41, 5.74) is 6.08. The van der Waals surface area contributed by atoms with Crippen LogP contribution in [0.5, 0.6) is 0 Å². The molecule has 7 rings (SSSR count). The minimum Gasteiger partial charge on any atom is -0.382 e. The number of azo groups is 3. The first-order chi connectivity index (χ1) is 24.1. The number of hydrogen-bond donors (Lipinski definition) is 1. The van der Waals surface area contributed by atoms with Crippen molar-refractivity contribution in [3.63, 3.8) is 0 Å². The average molecular weight is 637 g/mol. The first-order valence-corrected chi connectivity index (χ1v) is 16.2. The van der Waals surface area contributed by atoms with Crippen LogP contribution in [-0.2, 0) is 0 Å². The Morgan fingerprint density at radius 1 is 0.490 bits per heavy atom. The minimum atomic E-state index is 0.370. The van der Waals surface area contributed by atoms with Gasteiger partial charge < -0.3 is 5.32 Å². The van der Waals surface area contributed by atoms with Crippen LogP contribution in [0, 0.1) is 6.57 Å². The smallest absolute Gasteiger partial charge is 0.187 e. The molecule has 0 aromatic heterocycles. The number of fused-ring (bicyclic) bond motifs is 3. The summed E-state index contributed by atoms with van der Waals surface area (Å²) in [6.07, 6.45) is 1.04. The van der Waals surface area contributed by atoms with E-state index in [0.717, 1.165) is 72.9 Å². The van der Waals surface area contributed by atoms with Gasteiger partial charge in [0, 0.05) is 44.0 Å². The van der Waals surface area contributed by atoms with E-state index in [1.165, 1.54) is 0 Å². The van der Waals surface area contributed by atoms with Crippen molar-refractivity contribution in [2.45, 2.75) is 26.3 Å². The molecule has 7 aromatic rings. The molecule has 0 heterocycles. The van der Waals surface area contributed by atoms with E-state index in [2.05, 4.69) is 57.6 Å². The van der Waals surface area contributed by atoms with Gasteiger partial charge in [0.25, 0.3) is 0 Å². The summed E-state index contributed by atoms with van der Waals surface area (Å²) in [7, 11) is 0. The maximum absolute atomic E-state index is 7.14. The molecule has 8 heteroatoms. The van der Waals surface area contributed by atoms with Crippen LogP contribution in [0.1, 0.15) is 20.3 Å². The topological polar surface area (TPSA) is 90.5 Å². The summed E-state index contributed by atoms with van der Waals surface area (Å²) in [5.74, 6) is 0. The lowest BCUT2D eigenvalue weighted by molar-refractivity contribution is 0.765. The van der Waals surface area contributed by atoms with Gasteiger partial charge in [0.15, 0.2) is 5.69 Å². The van der Waals surface area contributed by atoms with Crippen LogP contribution in [0.3, 0.4) is 0 Å². The fourth-order valence-corrected chi connectivity index (χ4v) is 5.67. The molecule has 0 saturated carbocycles. The van der Waals surface area contributed by atoms with Gasteiger partial charge in [-0.1, -0.05) is 91.9 Å². The number of benzene rings is 7. The first kappa shape index (κ1) is 31.0. The molecule has 1 atom stereocenters. The largest absolute Gasteiger partial charge is 0.382 e. The molecule has 0 fully saturated rings. The normalized spacial score (nSPS) is 12.4. The predicted molar refractivity (Wildman–Crippen MR) is 200 cm³/mol. The van der Waals surface area contributed by atoms with Crippen molar-refractivity contribution in [3.8, 4) is 0 Å². The van der Waals surface area contributed by atoms with Crippen LogP contribution >= 0.6 is 0 Å². The molecule has 1 N–H and O–H groups in total. The molecule has 0 aliphatic rings. The molecule has 49 heavy (non-hydrogen) atoms. The number of hydrogen-bond acceptors (Lipinski definition) is 7. The van der Waals surface area contributed by atoms with Crippen LogP contribution < -0.4 is 5.32 Å². The maximum Gasteiger partial charge on any atom is 0.187 e. The van der Waals surface area contributed by atoms with Gasteiger partial charge in [-0.2, -0.15) is 5.11 Å². The van der Waals surface area contributed by atoms with E-state index in [1.807, 2.05) is 91.0 Å². The molecule has 0 aliphatic carbocycles. The van der Waals surface area contributed by atoms with Gasteiger partial charge in [-0.05, 0) is 61.9 Å². The molecule has 0 saturated heterocycles. The lowest BCUT2D eigenvalue weighted by Gasteiger charge is -2.15. The van der Waals surface area contributed by atoms with Crippen molar-refractivity contribution < 1.29 is 0 Å². The molecule has 0 amide bonds. The Labute approximate surface area is 284 Å². The Bertz CT molecular complexity index is 2440. The monoisotopic (exact) mass is 636 g/mol. The summed E-state index contributed by atoms with van der Waals surface area (Å²) in [5, 5.41) is 37.2. The highest BCUT2D eigenvalue weighted by molar-refractivity contribution is 6.02. The molecule has 0 radical (unpaired) electrons. The highest BCUT2D eigenvalue weighted by Crippen LogP contribution is 2.39. The SMILES string of the molecule is [C-]#[N+]c1ccc(N=Nc2ccc(N=Nc3ccc(N=Nc4ccc(NC(C)CC)c5ccccc45)c4ccccc34)c3ccccc23)cc1. The van der Waals surface area contributed by atoms with E-state index in [9.17, 15) is 0 Å². The summed E-state index contributed by atoms with van der Waals surface area (Å²) in [6, 6.07) is 43.4. The molecule has 0 spiro atoms. The van der Waals surface area contributed by atoms with Crippen LogP contribution in [0.2, 0.25) is 0 Å². The molecule has 8 nitrogen and oxygen atoms in total. The lowest BCUT2D eigenvalue weighted by atomic mass is 10.1. The number of nitrogens with zero attached hydrogens (tertiary/aromatic N) is 7. The Morgan fingerprint density at radius 3 is 1.27 bits per heavy atom. The maximum atomic E-state index is 7.14. The second kappa shape index (κ2) is 14.0. The van der Waals surface area contributed by atoms with Gasteiger partial charge in [0.2, 0.25) is 0 Å². The van der Waals surface area contributed by atoms with Crippen molar-refractivity contribution in [1.29, 1.82) is 0 Å². The summed E-state index contributed by atoms with van der Waals surface area (Å²) < 4.78 is 0. The molecule has 236 valence electrons. The second-order valence-electron chi connectivity index (χ2n) is 11.7. The third-order valence-corrected chi connectivity index (χ3v) is 8.45. The Balaban J connectivity index is 1.19. The zero-order valence-electron chi connectivity index (χ0n) is 27.1. The van der Waals surface area contributed by atoms with Gasteiger partial charge in [0.05, 0.1) is 40.7 Å². The fraction of sp³-hybridized carbons (Fsp3) is 0.0976. The molecule has 7 aromatic carbocycles. The zero-order valence-corrected chi connectivity index (χ0v) is 27.1. The van der Waals surface area contributed by atoms with Crippen molar-refractivity contribution in [2.24, 2.45) is 30.7 Å². The first-order valence-electron chi connectivity index (χ1n) is 16.2. The molecule has 0 bridgehead atoms. The fourth-order valence-electron chi connectivity index (χ4n) is 5.67. The van der Waals surface area contributed by atoms with Crippen molar-refractivity contribution in [3.05, 3.63) is 145 Å². The highest BCUT2D eigenvalue weighted by atomic mass is 15.1. The number of anilines is 1. The quantitative estimate of drug-likeness (QED) is 0.124. The van der Waals surface area contributed by atoms with Crippen LogP contribution in [0.15, 0.2) is 164 Å². The van der Waals surface area contributed by atoms with Crippen LogP contribution in [0.4, 0.5) is 45.5 Å². The second-order valence-corrected chi connectivity index (χ2v) is 11.7. The molecule has 0 aliphatic heterocycles. The summed E-state index contributed by atoms with van der Waals surface area (Å²) in [4.78, 5) is 3.43. The van der Waals surface area contributed by atoms with Gasteiger partial charge in [-0.25, -0.2) is 4.85 Å². The highest BCUT2D eigenvalue weighted by Gasteiger charge is 2.10. The molecular weight excluding hydrogens is 605 g/mol. The van der Waals surface area contributed by atoms with Crippen molar-refractivity contribution >= 4 is 77.8 Å². The average Bonchev–Trinajstić information content (AvgIpc) is 3.16. The zero-order chi connectivity index (χ0) is 33.6. The minimum absolute atomic E-state index is 0.370. The Kier molecular flexibility index (Phi) is 8.89. The lowest BCUT2D eigenvalue weighted by Crippen LogP contribution is -2.13. The van der Waals surface area contributed by atoms with Gasteiger partial charge in [-0.3, -0.25) is 0 Å². The van der Waals surface area contributed by atoms with E-state index < -0.39 is 0 Å². The standard InChI is InChI=1S/C41H32N8/c1-4-27(2)43-36-21-22-38(31-12-6-5-11-30(31)36)46-47-40-25-26-41(35-16-10-9-15-34(35)40)49-48-39-24-23-37(32-13-7-8-14-33(32)39)45-44-29-19-17-28(42-3)18-20-29/h5-27,43H,4H2,1-2H3. The molecular formula is C41H32N8. The summed E-state index contributed by atoms with van der Waals surface area (Å²) >= 11 is 0. The Hall–Kier alpha value is -6.59. The van der Waals surface area contributed by atoms with E-state index in [4.69, 9.17) is 21.9 Å². The van der Waals surface area contributed by atoms with Crippen LogP contribution in [0.25, 0.3) is 37.2 Å². The Morgan fingerprint density at radius 2 is 0.857 bits per heavy atom. The van der Waals surface area contributed by atoms with Gasteiger partial charge in [-0.15, -0.1) is 25.6 Å².